The molecule has 4 aromatic rings. The first kappa shape index (κ1) is 59.0. The second-order valence-electron chi connectivity index (χ2n) is 23.5. The van der Waals surface area contributed by atoms with E-state index in [1.54, 1.807) is 68.1 Å². The summed E-state index contributed by atoms with van der Waals surface area (Å²) in [6, 6.07) is 23.8. The summed E-state index contributed by atoms with van der Waals surface area (Å²) in [5, 5.41) is 18.7. The van der Waals surface area contributed by atoms with Crippen LogP contribution in [0.1, 0.15) is 137 Å². The molecule has 4 aromatic carbocycles. The number of fused-ring (bicyclic) bond motifs is 2. The van der Waals surface area contributed by atoms with Crippen molar-refractivity contribution in [3.63, 3.8) is 0 Å². The van der Waals surface area contributed by atoms with Gasteiger partial charge in [-0.1, -0.05) is 126 Å². The van der Waals surface area contributed by atoms with Crippen LogP contribution in [0, 0.1) is 10.8 Å². The Morgan fingerprint density at radius 1 is 0.679 bits per heavy atom. The van der Waals surface area contributed by atoms with Crippen molar-refractivity contribution in [2.75, 3.05) is 20.6 Å². The third-order valence-corrected chi connectivity index (χ3v) is 16.1. The highest BCUT2D eigenvalue weighted by molar-refractivity contribution is 6.30. The average molecular weight is 1090 g/mol. The van der Waals surface area contributed by atoms with Crippen molar-refractivity contribution in [3.8, 4) is 0 Å². The molecule has 2 aliphatic heterocycles. The Hall–Kier alpha value is -6.62. The summed E-state index contributed by atoms with van der Waals surface area (Å²) >= 11 is 6.54. The number of likely N-dealkylation sites (tertiary alicyclic amines) is 1. The molecule has 0 saturated carbocycles. The zero-order chi connectivity index (χ0) is 56.8. The van der Waals surface area contributed by atoms with Crippen molar-refractivity contribution < 1.29 is 33.6 Å². The highest BCUT2D eigenvalue weighted by atomic mass is 35.5. The van der Waals surface area contributed by atoms with Crippen LogP contribution in [0.2, 0.25) is 5.02 Å². The standard InChI is InChI=1S/C61H80ClN9O7/c1-36(63-10)53(72)67-51(60(4,5)6)58(77)70-34-44-20-13-12-19-43(44)31-50(70)57(76)69(38(3)42-22-16-23-45(62)30-42)33-39-26-28-41(29-27-39)55(74)65-46-32-49(56(75)66-48-25-17-21-40-18-14-15-24-47(40)48)71(35-46)59(78)52(61(7,8)9)68-54(73)37(2)64-11/h12-16,18-20,22-24,26-30,36-38,46,48-52,63-64H,17,21,25,31-35H2,1-11H3,(H,65,74)(H,66,75)(H,67,72)(H,68,73)/t36-,37-,38+,46?,48+,49-,50-,51?,52+/m0/s1. The number of hydrogen-bond donors (Lipinski definition) is 6. The molecule has 7 amide bonds. The summed E-state index contributed by atoms with van der Waals surface area (Å²) in [6.45, 7) is 16.9. The maximum Gasteiger partial charge on any atom is 0.251 e. The predicted octanol–water partition coefficient (Wildman–Crippen LogP) is 6.55. The Bertz CT molecular complexity index is 2850. The smallest absolute Gasteiger partial charge is 0.251 e. The van der Waals surface area contributed by atoms with E-state index in [0.717, 1.165) is 41.5 Å². The summed E-state index contributed by atoms with van der Waals surface area (Å²) in [7, 11) is 3.34. The molecule has 418 valence electrons. The third kappa shape index (κ3) is 13.8. The fourth-order valence-corrected chi connectivity index (χ4v) is 11.0. The molecule has 0 bridgehead atoms. The van der Waals surface area contributed by atoms with Gasteiger partial charge in [-0.15, -0.1) is 0 Å². The SMILES string of the molecule is CN[C@@H](C)C(=O)NC(C(=O)N1Cc2ccccc2C[C@H]1C(=O)N(Cc1ccc(C(=O)NC2C[C@@H](C(=O)N[C@@H]3CCCc4ccccc43)N(C(=O)[C@@H](NC(=O)[C@H](C)NC)C(C)(C)C)C2)cc1)[C@H](C)c1cccc(Cl)c1)C(C)(C)C. The van der Waals surface area contributed by atoms with Crippen LogP contribution < -0.4 is 31.9 Å². The van der Waals surface area contributed by atoms with E-state index in [-0.39, 0.29) is 68.1 Å². The summed E-state index contributed by atoms with van der Waals surface area (Å²) < 4.78 is 0. The number of carbonyl (C=O) groups is 7. The van der Waals surface area contributed by atoms with Gasteiger partial charge in [-0.05, 0) is 129 Å². The zero-order valence-corrected chi connectivity index (χ0v) is 47.9. The van der Waals surface area contributed by atoms with Gasteiger partial charge in [0.25, 0.3) is 5.91 Å². The number of hydrogen-bond acceptors (Lipinski definition) is 9. The van der Waals surface area contributed by atoms with Gasteiger partial charge in [0.05, 0.1) is 24.2 Å². The van der Waals surface area contributed by atoms with Crippen LogP contribution >= 0.6 is 11.6 Å². The zero-order valence-electron chi connectivity index (χ0n) is 47.2. The lowest BCUT2D eigenvalue weighted by Crippen LogP contribution is -2.62. The largest absolute Gasteiger partial charge is 0.347 e. The molecule has 1 aliphatic carbocycles. The van der Waals surface area contributed by atoms with E-state index in [1.165, 1.54) is 10.5 Å². The maximum atomic E-state index is 15.5. The van der Waals surface area contributed by atoms with E-state index >= 15 is 4.79 Å². The highest BCUT2D eigenvalue weighted by Crippen LogP contribution is 2.35. The molecule has 0 aromatic heterocycles. The van der Waals surface area contributed by atoms with Crippen molar-refractivity contribution in [1.82, 2.24) is 46.6 Å². The Kier molecular flexibility index (Phi) is 18.9. The van der Waals surface area contributed by atoms with Gasteiger partial charge in [0, 0.05) is 42.7 Å². The minimum absolute atomic E-state index is 0.0353. The highest BCUT2D eigenvalue weighted by Gasteiger charge is 2.47. The summed E-state index contributed by atoms with van der Waals surface area (Å²) in [4.78, 5) is 105. The van der Waals surface area contributed by atoms with E-state index in [1.807, 2.05) is 109 Å². The van der Waals surface area contributed by atoms with E-state index in [9.17, 15) is 28.8 Å². The fraction of sp³-hybridized carbons (Fsp3) is 0.492. The number of benzene rings is 4. The van der Waals surface area contributed by atoms with Crippen LogP contribution in [0.4, 0.5) is 0 Å². The molecule has 2 heterocycles. The normalized spacial score (nSPS) is 20.2. The molecule has 1 saturated heterocycles. The van der Waals surface area contributed by atoms with E-state index in [0.29, 0.717) is 16.1 Å². The van der Waals surface area contributed by atoms with Crippen LogP contribution in [-0.4, -0.2) is 119 Å². The fourth-order valence-electron chi connectivity index (χ4n) is 10.8. The number of likely N-dealkylation sites (N-methyl/N-ethyl adjacent to an activating group) is 2. The lowest BCUT2D eigenvalue weighted by Gasteiger charge is -2.43. The van der Waals surface area contributed by atoms with Crippen molar-refractivity contribution in [3.05, 3.63) is 141 Å². The number of nitrogens with one attached hydrogen (secondary N) is 6. The molecule has 6 N–H and O–H groups in total. The molecule has 2 unspecified atom stereocenters. The lowest BCUT2D eigenvalue weighted by atomic mass is 9.84. The van der Waals surface area contributed by atoms with E-state index in [4.69, 9.17) is 11.6 Å². The Labute approximate surface area is 465 Å². The molecule has 78 heavy (non-hydrogen) atoms. The second kappa shape index (κ2) is 25.0. The van der Waals surface area contributed by atoms with Crippen molar-refractivity contribution >= 4 is 53.0 Å². The van der Waals surface area contributed by atoms with Crippen molar-refractivity contribution in [2.45, 2.75) is 162 Å². The molecular formula is C61H80ClN9O7. The van der Waals surface area contributed by atoms with Gasteiger partial charge in [-0.3, -0.25) is 33.6 Å². The summed E-state index contributed by atoms with van der Waals surface area (Å²) in [5.74, 6) is -2.51. The maximum absolute atomic E-state index is 15.5. The first-order valence-corrected chi connectivity index (χ1v) is 27.7. The van der Waals surface area contributed by atoms with Crippen molar-refractivity contribution in [2.24, 2.45) is 10.8 Å². The first-order valence-electron chi connectivity index (χ1n) is 27.4. The molecule has 1 fully saturated rings. The van der Waals surface area contributed by atoms with Gasteiger partial charge < -0.3 is 46.6 Å². The number of nitrogens with zero attached hydrogens (tertiary/aromatic N) is 3. The van der Waals surface area contributed by atoms with Crippen LogP contribution in [-0.2, 0) is 54.7 Å². The van der Waals surface area contributed by atoms with Gasteiger partial charge in [-0.2, -0.15) is 0 Å². The third-order valence-electron chi connectivity index (χ3n) is 15.8. The minimum Gasteiger partial charge on any atom is -0.347 e. The monoisotopic (exact) mass is 1090 g/mol. The van der Waals surface area contributed by atoms with Crippen LogP contribution in [0.5, 0.6) is 0 Å². The summed E-state index contributed by atoms with van der Waals surface area (Å²) in [5.41, 5.74) is 4.48. The van der Waals surface area contributed by atoms with E-state index in [2.05, 4.69) is 38.0 Å². The number of carbonyl (C=O) groups excluding carboxylic acids is 7. The van der Waals surface area contributed by atoms with Gasteiger partial charge in [0.2, 0.25) is 35.4 Å². The molecule has 7 rings (SSSR count). The molecule has 3 aliphatic rings. The Balaban J connectivity index is 1.15. The molecule has 0 spiro atoms. The van der Waals surface area contributed by atoms with Crippen molar-refractivity contribution in [1.29, 1.82) is 0 Å². The first-order chi connectivity index (χ1) is 36.9. The quantitative estimate of drug-likeness (QED) is 0.0678. The van der Waals surface area contributed by atoms with Crippen LogP contribution in [0.3, 0.4) is 0 Å². The topological polar surface area (TPSA) is 201 Å². The Morgan fingerprint density at radius 2 is 1.26 bits per heavy atom. The average Bonchev–Trinajstić information content (AvgIpc) is 3.96. The second-order valence-corrected chi connectivity index (χ2v) is 24.0. The number of halogens is 1. The van der Waals surface area contributed by atoms with Gasteiger partial charge >= 0.3 is 0 Å². The summed E-state index contributed by atoms with van der Waals surface area (Å²) in [6.07, 6.45) is 2.96. The lowest BCUT2D eigenvalue weighted by molar-refractivity contribution is -0.152. The van der Waals surface area contributed by atoms with E-state index < -0.39 is 71.0 Å². The number of rotatable bonds is 17. The van der Waals surface area contributed by atoms with Crippen LogP contribution in [0.15, 0.2) is 97.1 Å². The number of amides is 7. The van der Waals surface area contributed by atoms with Crippen LogP contribution in [0.25, 0.3) is 0 Å². The van der Waals surface area contributed by atoms with Gasteiger partial charge in [-0.25, -0.2) is 0 Å². The molecular weight excluding hydrogens is 1010 g/mol. The molecule has 0 radical (unpaired) electrons. The number of aryl methyl sites for hydroxylation is 1. The minimum atomic E-state index is -0.973. The molecule has 16 nitrogen and oxygen atoms in total. The molecule has 9 atom stereocenters. The van der Waals surface area contributed by atoms with Gasteiger partial charge in [0.15, 0.2) is 0 Å². The predicted molar refractivity (Wildman–Crippen MR) is 303 cm³/mol. The molecule has 17 heteroatoms. The Morgan fingerprint density at radius 3 is 1.85 bits per heavy atom. The van der Waals surface area contributed by atoms with Gasteiger partial charge in [0.1, 0.15) is 24.2 Å².